The Morgan fingerprint density at radius 3 is 3.07 bits per heavy atom. The van der Waals surface area contributed by atoms with Crippen molar-refractivity contribution in [3.05, 3.63) is 18.2 Å². The van der Waals surface area contributed by atoms with Crippen LogP contribution in [0.3, 0.4) is 0 Å². The summed E-state index contributed by atoms with van der Waals surface area (Å²) in [6.45, 7) is 6.22. The van der Waals surface area contributed by atoms with E-state index >= 15 is 0 Å². The Labute approximate surface area is 85.1 Å². The lowest BCUT2D eigenvalue weighted by Crippen LogP contribution is -2.13. The van der Waals surface area contributed by atoms with Crippen molar-refractivity contribution in [2.45, 2.75) is 45.3 Å². The van der Waals surface area contributed by atoms with E-state index in [9.17, 15) is 0 Å². The first kappa shape index (κ1) is 9.71. The fourth-order valence-electron chi connectivity index (χ4n) is 1.80. The van der Waals surface area contributed by atoms with Gasteiger partial charge < -0.3 is 9.30 Å². The van der Waals surface area contributed by atoms with E-state index in [1.807, 2.05) is 6.33 Å². The number of aromatic nitrogens is 2. The highest BCUT2D eigenvalue weighted by Crippen LogP contribution is 2.16. The van der Waals surface area contributed by atoms with Crippen molar-refractivity contribution in [2.75, 3.05) is 6.61 Å². The molecule has 1 fully saturated rings. The van der Waals surface area contributed by atoms with Gasteiger partial charge in [0.05, 0.1) is 18.1 Å². The second kappa shape index (κ2) is 4.13. The molecule has 78 valence electrons. The summed E-state index contributed by atoms with van der Waals surface area (Å²) in [6.07, 6.45) is 6.85. The zero-order chi connectivity index (χ0) is 9.97. The molecule has 0 aliphatic carbocycles. The van der Waals surface area contributed by atoms with Crippen molar-refractivity contribution in [1.29, 1.82) is 0 Å². The molecule has 1 aromatic rings. The van der Waals surface area contributed by atoms with Crippen LogP contribution in [0.5, 0.6) is 0 Å². The molecule has 3 nitrogen and oxygen atoms in total. The van der Waals surface area contributed by atoms with Gasteiger partial charge in [0, 0.05) is 19.3 Å². The minimum atomic E-state index is 0.407. The molecule has 2 heterocycles. The van der Waals surface area contributed by atoms with E-state index < -0.39 is 0 Å². The lowest BCUT2D eigenvalue weighted by molar-refractivity contribution is 0.0970. The van der Waals surface area contributed by atoms with Crippen molar-refractivity contribution in [3.8, 4) is 0 Å². The monoisotopic (exact) mass is 194 g/mol. The van der Waals surface area contributed by atoms with Gasteiger partial charge in [-0.05, 0) is 18.8 Å². The van der Waals surface area contributed by atoms with Gasteiger partial charge in [-0.25, -0.2) is 4.98 Å². The molecule has 0 aromatic carbocycles. The van der Waals surface area contributed by atoms with Crippen LogP contribution < -0.4 is 0 Å². The molecule has 1 atom stereocenters. The predicted molar refractivity (Wildman–Crippen MR) is 55.3 cm³/mol. The van der Waals surface area contributed by atoms with Crippen LogP contribution in [-0.4, -0.2) is 22.3 Å². The van der Waals surface area contributed by atoms with Crippen molar-refractivity contribution < 1.29 is 4.74 Å². The van der Waals surface area contributed by atoms with E-state index in [1.165, 1.54) is 18.5 Å². The first-order valence-corrected chi connectivity index (χ1v) is 5.39. The number of ether oxygens (including phenoxy) is 1. The van der Waals surface area contributed by atoms with Crippen LogP contribution in [0.15, 0.2) is 12.5 Å². The Morgan fingerprint density at radius 1 is 1.64 bits per heavy atom. The highest BCUT2D eigenvalue weighted by molar-refractivity contribution is 5.01. The molecule has 0 N–H and O–H groups in total. The third-order valence-corrected chi connectivity index (χ3v) is 2.68. The van der Waals surface area contributed by atoms with E-state index in [2.05, 4.69) is 29.6 Å². The largest absolute Gasteiger partial charge is 0.376 e. The van der Waals surface area contributed by atoms with Gasteiger partial charge >= 0.3 is 0 Å². The zero-order valence-corrected chi connectivity index (χ0v) is 8.94. The van der Waals surface area contributed by atoms with Crippen molar-refractivity contribution in [3.63, 3.8) is 0 Å². The maximum absolute atomic E-state index is 5.58. The van der Waals surface area contributed by atoms with Crippen LogP contribution in [0.1, 0.15) is 38.3 Å². The summed E-state index contributed by atoms with van der Waals surface area (Å²) < 4.78 is 7.72. The maximum atomic E-state index is 5.58. The molecule has 0 bridgehead atoms. The summed E-state index contributed by atoms with van der Waals surface area (Å²) in [5.74, 6) is 0.515. The summed E-state index contributed by atoms with van der Waals surface area (Å²) >= 11 is 0. The Kier molecular flexibility index (Phi) is 2.87. The zero-order valence-electron chi connectivity index (χ0n) is 8.94. The molecule has 2 rings (SSSR count). The highest BCUT2D eigenvalue weighted by Gasteiger charge is 2.16. The van der Waals surface area contributed by atoms with Crippen LogP contribution in [0, 0.1) is 0 Å². The van der Waals surface area contributed by atoms with Crippen molar-refractivity contribution >= 4 is 0 Å². The van der Waals surface area contributed by atoms with Gasteiger partial charge in [-0.15, -0.1) is 0 Å². The molecule has 0 amide bonds. The fraction of sp³-hybridized carbons (Fsp3) is 0.727. The van der Waals surface area contributed by atoms with Crippen LogP contribution >= 0.6 is 0 Å². The summed E-state index contributed by atoms with van der Waals surface area (Å²) in [7, 11) is 0. The smallest absolute Gasteiger partial charge is 0.0950 e. The first-order valence-electron chi connectivity index (χ1n) is 5.39. The number of hydrogen-bond acceptors (Lipinski definition) is 2. The lowest BCUT2D eigenvalue weighted by atomic mass is 10.2. The molecule has 1 aliphatic heterocycles. The van der Waals surface area contributed by atoms with E-state index in [0.717, 1.165) is 13.2 Å². The molecule has 0 saturated carbocycles. The van der Waals surface area contributed by atoms with Gasteiger partial charge in [0.1, 0.15) is 0 Å². The van der Waals surface area contributed by atoms with Gasteiger partial charge in [0.25, 0.3) is 0 Å². The first-order chi connectivity index (χ1) is 6.75. The van der Waals surface area contributed by atoms with Gasteiger partial charge in [-0.3, -0.25) is 0 Å². The fourth-order valence-corrected chi connectivity index (χ4v) is 1.80. The van der Waals surface area contributed by atoms with Crippen LogP contribution in [0.25, 0.3) is 0 Å². The van der Waals surface area contributed by atoms with E-state index in [0.29, 0.717) is 12.0 Å². The summed E-state index contributed by atoms with van der Waals surface area (Å²) in [6, 6.07) is 0. The van der Waals surface area contributed by atoms with Gasteiger partial charge in [-0.1, -0.05) is 13.8 Å². The Bertz CT molecular complexity index is 287. The predicted octanol–water partition coefficient (Wildman–Crippen LogP) is 2.19. The van der Waals surface area contributed by atoms with Crippen molar-refractivity contribution in [1.82, 2.24) is 9.55 Å². The third-order valence-electron chi connectivity index (χ3n) is 2.68. The number of rotatable bonds is 3. The van der Waals surface area contributed by atoms with E-state index in [1.54, 1.807) is 0 Å². The molecule has 0 radical (unpaired) electrons. The Morgan fingerprint density at radius 2 is 2.50 bits per heavy atom. The number of hydrogen-bond donors (Lipinski definition) is 0. The van der Waals surface area contributed by atoms with Gasteiger partial charge in [0.2, 0.25) is 0 Å². The van der Waals surface area contributed by atoms with Gasteiger partial charge in [-0.2, -0.15) is 0 Å². The number of imidazole rings is 1. The topological polar surface area (TPSA) is 27.1 Å². The summed E-state index contributed by atoms with van der Waals surface area (Å²) in [5, 5.41) is 0. The average molecular weight is 194 g/mol. The normalized spacial score (nSPS) is 22.1. The minimum absolute atomic E-state index is 0.407. The Balaban J connectivity index is 1.95. The Hall–Kier alpha value is -0.830. The second-order valence-corrected chi connectivity index (χ2v) is 4.29. The molecular formula is C11H18N2O. The molecule has 0 spiro atoms. The van der Waals surface area contributed by atoms with Crippen LogP contribution in [-0.2, 0) is 11.3 Å². The van der Waals surface area contributed by atoms with Crippen LogP contribution in [0.2, 0.25) is 0 Å². The van der Waals surface area contributed by atoms with Crippen LogP contribution in [0.4, 0.5) is 0 Å². The lowest BCUT2D eigenvalue weighted by Gasteiger charge is -2.09. The average Bonchev–Trinajstić information content (AvgIpc) is 2.75. The molecule has 1 aliphatic rings. The number of nitrogens with zero attached hydrogens (tertiary/aromatic N) is 2. The van der Waals surface area contributed by atoms with Gasteiger partial charge in [0.15, 0.2) is 0 Å². The molecule has 14 heavy (non-hydrogen) atoms. The molecule has 1 unspecified atom stereocenters. The minimum Gasteiger partial charge on any atom is -0.376 e. The summed E-state index contributed by atoms with van der Waals surface area (Å²) in [5.41, 5.74) is 1.17. The quantitative estimate of drug-likeness (QED) is 0.737. The molecule has 3 heteroatoms. The molecule has 1 saturated heterocycles. The highest BCUT2D eigenvalue weighted by atomic mass is 16.5. The van der Waals surface area contributed by atoms with E-state index in [4.69, 9.17) is 4.74 Å². The standard InChI is InChI=1S/C11H18N2O/c1-9(2)11-7-13(8-12-11)6-10-4-3-5-14-10/h7-10H,3-6H2,1-2H3. The summed E-state index contributed by atoms with van der Waals surface area (Å²) in [4.78, 5) is 4.37. The third kappa shape index (κ3) is 2.15. The SMILES string of the molecule is CC(C)c1cn(CC2CCCO2)cn1. The van der Waals surface area contributed by atoms with Crippen molar-refractivity contribution in [2.24, 2.45) is 0 Å². The molecule has 1 aromatic heterocycles. The second-order valence-electron chi connectivity index (χ2n) is 4.29. The molecular weight excluding hydrogens is 176 g/mol. The van der Waals surface area contributed by atoms with E-state index in [-0.39, 0.29) is 0 Å². The maximum Gasteiger partial charge on any atom is 0.0950 e.